The number of carbonyl (C=O) groups excluding carboxylic acids is 1. The zero-order valence-corrected chi connectivity index (χ0v) is 20.4. The zero-order chi connectivity index (χ0) is 22.7. The number of carbonyl (C=O) groups is 1. The lowest BCUT2D eigenvalue weighted by Gasteiger charge is -2.25. The highest BCUT2D eigenvalue weighted by molar-refractivity contribution is 7.89. The third-order valence-corrected chi connectivity index (χ3v) is 9.48. The minimum atomic E-state index is -3.46. The van der Waals surface area contributed by atoms with Gasteiger partial charge in [-0.25, -0.2) is 8.42 Å². The molecule has 4 nitrogen and oxygen atoms in total. The van der Waals surface area contributed by atoms with Gasteiger partial charge in [-0.2, -0.15) is 4.31 Å². The van der Waals surface area contributed by atoms with Gasteiger partial charge in [-0.3, -0.25) is 0 Å². The standard InChI is InChI=1S/C25H26ClNO3S2/c1-18-24(23(6-5-17-28)31-25(18)20-7-11-21(26)12-8-20)19-9-13-22(14-10-19)32(29,30)27-15-3-2-4-16-27/h7-14,17H,2-6,15-16H2,1H3. The number of hydrogen-bond donors (Lipinski definition) is 0. The fourth-order valence-electron chi connectivity index (χ4n) is 4.24. The van der Waals surface area contributed by atoms with Gasteiger partial charge in [0.15, 0.2) is 0 Å². The summed E-state index contributed by atoms with van der Waals surface area (Å²) in [6, 6.07) is 15.0. The highest BCUT2D eigenvalue weighted by atomic mass is 35.5. The van der Waals surface area contributed by atoms with Gasteiger partial charge in [0.1, 0.15) is 6.29 Å². The topological polar surface area (TPSA) is 54.5 Å². The van der Waals surface area contributed by atoms with Crippen molar-refractivity contribution in [2.24, 2.45) is 0 Å². The number of hydrogen-bond acceptors (Lipinski definition) is 4. The van der Waals surface area contributed by atoms with Gasteiger partial charge in [-0.05, 0) is 72.7 Å². The maximum absolute atomic E-state index is 13.0. The summed E-state index contributed by atoms with van der Waals surface area (Å²) in [7, 11) is -3.46. The molecule has 0 amide bonds. The van der Waals surface area contributed by atoms with Crippen molar-refractivity contribution in [2.75, 3.05) is 13.1 Å². The molecule has 2 aromatic carbocycles. The van der Waals surface area contributed by atoms with Crippen molar-refractivity contribution in [3.8, 4) is 21.6 Å². The van der Waals surface area contributed by atoms with E-state index in [0.717, 1.165) is 57.6 Å². The molecule has 3 aromatic rings. The monoisotopic (exact) mass is 487 g/mol. The first-order chi connectivity index (χ1) is 15.4. The zero-order valence-electron chi connectivity index (χ0n) is 18.0. The van der Waals surface area contributed by atoms with E-state index in [0.29, 0.717) is 35.8 Å². The first-order valence-electron chi connectivity index (χ1n) is 10.8. The molecule has 0 radical (unpaired) electrons. The van der Waals surface area contributed by atoms with Gasteiger partial charge in [-0.15, -0.1) is 11.3 Å². The first-order valence-corrected chi connectivity index (χ1v) is 13.5. The van der Waals surface area contributed by atoms with Gasteiger partial charge in [0.2, 0.25) is 10.0 Å². The molecule has 0 aliphatic carbocycles. The molecule has 1 saturated heterocycles. The summed E-state index contributed by atoms with van der Waals surface area (Å²) in [6.07, 6.45) is 4.97. The van der Waals surface area contributed by atoms with Gasteiger partial charge in [0.05, 0.1) is 4.90 Å². The predicted molar refractivity (Wildman–Crippen MR) is 132 cm³/mol. The van der Waals surface area contributed by atoms with Crippen molar-refractivity contribution in [3.05, 3.63) is 64.0 Å². The van der Waals surface area contributed by atoms with E-state index in [2.05, 4.69) is 6.92 Å². The average molecular weight is 488 g/mol. The Morgan fingerprint density at radius 1 is 0.969 bits per heavy atom. The Kier molecular flexibility index (Phi) is 7.15. The van der Waals surface area contributed by atoms with E-state index in [1.165, 1.54) is 0 Å². The van der Waals surface area contributed by atoms with E-state index >= 15 is 0 Å². The van der Waals surface area contributed by atoms with Crippen LogP contribution in [0, 0.1) is 6.92 Å². The molecule has 168 valence electrons. The second-order valence-electron chi connectivity index (χ2n) is 8.06. The number of nitrogens with zero attached hydrogens (tertiary/aromatic N) is 1. The highest BCUT2D eigenvalue weighted by Gasteiger charge is 2.26. The van der Waals surface area contributed by atoms with E-state index in [1.807, 2.05) is 36.4 Å². The molecule has 1 fully saturated rings. The number of halogens is 1. The molecule has 1 aliphatic rings. The van der Waals surface area contributed by atoms with Crippen LogP contribution in [0.25, 0.3) is 21.6 Å². The van der Waals surface area contributed by atoms with E-state index in [1.54, 1.807) is 27.8 Å². The van der Waals surface area contributed by atoms with Crippen LogP contribution < -0.4 is 0 Å². The van der Waals surface area contributed by atoms with Crippen molar-refractivity contribution < 1.29 is 13.2 Å². The number of aryl methyl sites for hydroxylation is 1. The molecule has 0 atom stereocenters. The van der Waals surface area contributed by atoms with Crippen LogP contribution in [0.2, 0.25) is 5.02 Å². The van der Waals surface area contributed by atoms with Crippen LogP contribution in [0.15, 0.2) is 53.4 Å². The van der Waals surface area contributed by atoms with E-state index in [4.69, 9.17) is 11.6 Å². The molecule has 0 unspecified atom stereocenters. The van der Waals surface area contributed by atoms with Crippen LogP contribution in [0.1, 0.15) is 36.1 Å². The number of thiophene rings is 1. The van der Waals surface area contributed by atoms with Crippen molar-refractivity contribution in [2.45, 2.75) is 43.9 Å². The number of piperidine rings is 1. The Morgan fingerprint density at radius 2 is 1.59 bits per heavy atom. The average Bonchev–Trinajstić information content (AvgIpc) is 3.14. The summed E-state index contributed by atoms with van der Waals surface area (Å²) in [5, 5.41) is 0.690. The molecule has 0 bridgehead atoms. The summed E-state index contributed by atoms with van der Waals surface area (Å²) in [5.74, 6) is 0. The molecule has 7 heteroatoms. The molecule has 2 heterocycles. The maximum atomic E-state index is 13.0. The van der Waals surface area contributed by atoms with Crippen LogP contribution >= 0.6 is 22.9 Å². The third kappa shape index (κ3) is 4.69. The lowest BCUT2D eigenvalue weighted by atomic mass is 9.98. The summed E-state index contributed by atoms with van der Waals surface area (Å²) >= 11 is 7.74. The summed E-state index contributed by atoms with van der Waals surface area (Å²) in [5.41, 5.74) is 4.27. The Bertz CT molecular complexity index is 1190. The van der Waals surface area contributed by atoms with Crippen LogP contribution in [-0.4, -0.2) is 32.1 Å². The largest absolute Gasteiger partial charge is 0.303 e. The molecule has 32 heavy (non-hydrogen) atoms. The van der Waals surface area contributed by atoms with Crippen molar-refractivity contribution in [3.63, 3.8) is 0 Å². The van der Waals surface area contributed by atoms with Gasteiger partial charge >= 0.3 is 0 Å². The van der Waals surface area contributed by atoms with E-state index in [-0.39, 0.29) is 0 Å². The Hall–Kier alpha value is -1.99. The number of benzene rings is 2. The van der Waals surface area contributed by atoms with Gasteiger partial charge in [-0.1, -0.05) is 42.3 Å². The molecule has 4 rings (SSSR count). The van der Waals surface area contributed by atoms with Crippen molar-refractivity contribution in [1.29, 1.82) is 0 Å². The number of sulfonamides is 1. The fraction of sp³-hybridized carbons (Fsp3) is 0.320. The quantitative estimate of drug-likeness (QED) is 0.365. The Morgan fingerprint density at radius 3 is 2.22 bits per heavy atom. The Labute approximate surface area is 198 Å². The number of rotatable bonds is 7. The molecule has 0 spiro atoms. The second kappa shape index (κ2) is 9.87. The smallest absolute Gasteiger partial charge is 0.243 e. The minimum absolute atomic E-state index is 0.336. The molecule has 1 aromatic heterocycles. The van der Waals surface area contributed by atoms with Crippen molar-refractivity contribution in [1.82, 2.24) is 4.31 Å². The number of aldehydes is 1. The molecular weight excluding hydrogens is 462 g/mol. The predicted octanol–water partition coefficient (Wildman–Crippen LogP) is 6.35. The van der Waals surface area contributed by atoms with Crippen LogP contribution in [0.3, 0.4) is 0 Å². The summed E-state index contributed by atoms with van der Waals surface area (Å²) in [4.78, 5) is 13.7. The maximum Gasteiger partial charge on any atom is 0.243 e. The van der Waals surface area contributed by atoms with Gasteiger partial charge in [0, 0.05) is 34.3 Å². The lowest BCUT2D eigenvalue weighted by Crippen LogP contribution is -2.35. The SMILES string of the molecule is Cc1c(-c2ccc(Cl)cc2)sc(CCC=O)c1-c1ccc(S(=O)(=O)N2CCCCC2)cc1. The summed E-state index contributed by atoms with van der Waals surface area (Å²) < 4.78 is 27.6. The highest BCUT2D eigenvalue weighted by Crippen LogP contribution is 2.43. The molecular formula is C25H26ClNO3S2. The second-order valence-corrected chi connectivity index (χ2v) is 11.5. The minimum Gasteiger partial charge on any atom is -0.303 e. The molecule has 1 aliphatic heterocycles. The van der Waals surface area contributed by atoms with Gasteiger partial charge < -0.3 is 4.79 Å². The normalized spacial score (nSPS) is 15.1. The first kappa shape index (κ1) is 23.2. The Balaban J connectivity index is 1.72. The van der Waals surface area contributed by atoms with Crippen LogP contribution in [0.4, 0.5) is 0 Å². The van der Waals surface area contributed by atoms with E-state index < -0.39 is 10.0 Å². The summed E-state index contributed by atoms with van der Waals surface area (Å²) in [6.45, 7) is 3.26. The third-order valence-electron chi connectivity index (χ3n) is 5.91. The molecule has 0 N–H and O–H groups in total. The fourth-order valence-corrected chi connectivity index (χ4v) is 7.23. The lowest BCUT2D eigenvalue weighted by molar-refractivity contribution is -0.107. The van der Waals surface area contributed by atoms with E-state index in [9.17, 15) is 13.2 Å². The molecule has 0 saturated carbocycles. The van der Waals surface area contributed by atoms with Crippen molar-refractivity contribution >= 4 is 39.2 Å². The van der Waals surface area contributed by atoms with Gasteiger partial charge in [0.25, 0.3) is 0 Å². The van der Waals surface area contributed by atoms with Crippen LogP contribution in [0.5, 0.6) is 0 Å². The van der Waals surface area contributed by atoms with Crippen LogP contribution in [-0.2, 0) is 21.2 Å².